The van der Waals surface area contributed by atoms with Gasteiger partial charge in [-0.15, -0.1) is 0 Å². The van der Waals surface area contributed by atoms with Crippen LogP contribution in [0.1, 0.15) is 17.0 Å². The smallest absolute Gasteiger partial charge is 0.210 e. The number of methoxy groups -OCH3 is 1. The second-order valence-electron chi connectivity index (χ2n) is 4.41. The Kier molecular flexibility index (Phi) is 2.68. The van der Waals surface area contributed by atoms with E-state index in [9.17, 15) is 0 Å². The minimum Gasteiger partial charge on any atom is -0.464 e. The van der Waals surface area contributed by atoms with E-state index in [-0.39, 0.29) is 12.2 Å². The third-order valence-corrected chi connectivity index (χ3v) is 3.28. The largest absolute Gasteiger partial charge is 0.464 e. The van der Waals surface area contributed by atoms with Crippen molar-refractivity contribution < 1.29 is 9.47 Å². The van der Waals surface area contributed by atoms with Crippen molar-refractivity contribution in [1.29, 1.82) is 0 Å². The summed E-state index contributed by atoms with van der Waals surface area (Å²) in [5, 5.41) is 0. The molecule has 0 amide bonds. The summed E-state index contributed by atoms with van der Waals surface area (Å²) < 4.78 is 11.2. The van der Waals surface area contributed by atoms with E-state index in [2.05, 4.69) is 12.1 Å². The highest BCUT2D eigenvalue weighted by Gasteiger charge is 2.35. The first kappa shape index (κ1) is 11.1. The van der Waals surface area contributed by atoms with E-state index in [0.717, 1.165) is 11.3 Å². The molecule has 1 aliphatic heterocycles. The normalized spacial score (nSPS) is 21.4. The molecule has 0 bridgehead atoms. The van der Waals surface area contributed by atoms with Gasteiger partial charge in [-0.25, -0.2) is 0 Å². The minimum atomic E-state index is -0.288. The van der Waals surface area contributed by atoms with Crippen LogP contribution in [0.25, 0.3) is 0 Å². The van der Waals surface area contributed by atoms with Gasteiger partial charge < -0.3 is 15.2 Å². The summed E-state index contributed by atoms with van der Waals surface area (Å²) in [6.07, 6.45) is -0.288. The molecule has 3 rings (SSSR count). The average Bonchev–Trinajstić information content (AvgIpc) is 2.77. The maximum absolute atomic E-state index is 5.80. The molecule has 2 atom stereocenters. The zero-order valence-corrected chi connectivity index (χ0v) is 10.2. The van der Waals surface area contributed by atoms with Gasteiger partial charge in [0.25, 0.3) is 0 Å². The van der Waals surface area contributed by atoms with Crippen LogP contribution in [-0.4, -0.2) is 13.4 Å². The molecule has 1 heterocycles. The lowest BCUT2D eigenvalue weighted by Crippen LogP contribution is -2.21. The lowest BCUT2D eigenvalue weighted by molar-refractivity contribution is -0.0470. The number of hydrogen-bond acceptors (Lipinski definition) is 3. The number of rotatable bonds is 2. The summed E-state index contributed by atoms with van der Waals surface area (Å²) in [7, 11) is 1.66. The summed E-state index contributed by atoms with van der Waals surface area (Å²) in [5.41, 5.74) is 8.80. The van der Waals surface area contributed by atoms with Crippen LogP contribution in [0.2, 0.25) is 0 Å². The van der Waals surface area contributed by atoms with Crippen molar-refractivity contribution in [3.8, 4) is 5.75 Å². The molecule has 1 aliphatic rings. The molecule has 0 fully saturated rings. The molecule has 0 aromatic heterocycles. The average molecular weight is 241 g/mol. The van der Waals surface area contributed by atoms with Crippen molar-refractivity contribution in [2.45, 2.75) is 12.2 Å². The first-order valence-electron chi connectivity index (χ1n) is 5.93. The molecule has 2 aromatic carbocycles. The lowest BCUT2D eigenvalue weighted by atomic mass is 9.92. The van der Waals surface area contributed by atoms with Gasteiger partial charge in [-0.2, -0.15) is 0 Å². The Morgan fingerprint density at radius 3 is 2.61 bits per heavy atom. The molecule has 92 valence electrons. The van der Waals surface area contributed by atoms with Crippen molar-refractivity contribution >= 4 is 5.69 Å². The lowest BCUT2D eigenvalue weighted by Gasteiger charge is -2.17. The van der Waals surface area contributed by atoms with Gasteiger partial charge in [-0.05, 0) is 11.6 Å². The summed E-state index contributed by atoms with van der Waals surface area (Å²) in [5.74, 6) is 0.919. The molecule has 2 N–H and O–H groups in total. The molecule has 0 saturated heterocycles. The summed E-state index contributed by atoms with van der Waals surface area (Å²) >= 11 is 0. The van der Waals surface area contributed by atoms with Crippen LogP contribution < -0.4 is 10.5 Å². The number of anilines is 1. The number of hydrogen-bond donors (Lipinski definition) is 1. The van der Waals surface area contributed by atoms with E-state index in [0.29, 0.717) is 5.69 Å². The maximum Gasteiger partial charge on any atom is 0.210 e. The molecular formula is C15H15NO2. The fourth-order valence-corrected chi connectivity index (χ4v) is 2.43. The van der Waals surface area contributed by atoms with Gasteiger partial charge >= 0.3 is 0 Å². The van der Waals surface area contributed by atoms with E-state index in [1.165, 1.54) is 5.56 Å². The number of benzene rings is 2. The van der Waals surface area contributed by atoms with Gasteiger partial charge in [-0.3, -0.25) is 0 Å². The second kappa shape index (κ2) is 4.35. The van der Waals surface area contributed by atoms with Crippen molar-refractivity contribution in [3.05, 3.63) is 59.7 Å². The zero-order chi connectivity index (χ0) is 12.5. The van der Waals surface area contributed by atoms with Crippen molar-refractivity contribution in [1.82, 2.24) is 0 Å². The van der Waals surface area contributed by atoms with E-state index in [1.54, 1.807) is 7.11 Å². The van der Waals surface area contributed by atoms with Gasteiger partial charge in [0.1, 0.15) is 5.75 Å². The number of ether oxygens (including phenoxy) is 2. The molecule has 0 saturated carbocycles. The Morgan fingerprint density at radius 2 is 1.89 bits per heavy atom. The Labute approximate surface area is 106 Å². The Morgan fingerprint density at radius 1 is 1.11 bits per heavy atom. The fraction of sp³-hybridized carbons (Fsp3) is 0.200. The first-order chi connectivity index (χ1) is 8.79. The number of nitrogen functional groups attached to an aromatic ring is 1. The van der Waals surface area contributed by atoms with Crippen molar-refractivity contribution in [2.24, 2.45) is 0 Å². The molecular weight excluding hydrogens is 226 g/mol. The number of nitrogens with two attached hydrogens (primary N) is 1. The zero-order valence-electron chi connectivity index (χ0n) is 10.2. The third-order valence-electron chi connectivity index (χ3n) is 3.28. The third kappa shape index (κ3) is 1.73. The van der Waals surface area contributed by atoms with Gasteiger partial charge in [0, 0.05) is 24.4 Å². The summed E-state index contributed by atoms with van der Waals surface area (Å²) in [4.78, 5) is 0. The van der Waals surface area contributed by atoms with Gasteiger partial charge in [0.05, 0.1) is 5.92 Å². The van der Waals surface area contributed by atoms with Crippen LogP contribution in [-0.2, 0) is 4.74 Å². The van der Waals surface area contributed by atoms with E-state index < -0.39 is 0 Å². The first-order valence-corrected chi connectivity index (χ1v) is 5.93. The molecule has 2 aromatic rings. The van der Waals surface area contributed by atoms with Crippen LogP contribution in [0.5, 0.6) is 5.75 Å². The Bertz CT molecular complexity index is 554. The van der Waals surface area contributed by atoms with Crippen molar-refractivity contribution in [2.75, 3.05) is 12.8 Å². The van der Waals surface area contributed by atoms with Crippen LogP contribution in [0.3, 0.4) is 0 Å². The molecule has 3 nitrogen and oxygen atoms in total. The van der Waals surface area contributed by atoms with E-state index >= 15 is 0 Å². The standard InChI is InChI=1S/C15H15NO2/c1-17-15-14(10-5-3-2-4-6-10)12-8-7-11(16)9-13(12)18-15/h2-9,14-15H,16H2,1H3. The fourth-order valence-electron chi connectivity index (χ4n) is 2.43. The molecule has 18 heavy (non-hydrogen) atoms. The van der Waals surface area contributed by atoms with E-state index in [1.807, 2.05) is 36.4 Å². The van der Waals surface area contributed by atoms with Gasteiger partial charge in [-0.1, -0.05) is 36.4 Å². The van der Waals surface area contributed by atoms with Crippen LogP contribution in [0.4, 0.5) is 5.69 Å². The molecule has 3 heteroatoms. The SMILES string of the molecule is COC1Oc2cc(N)ccc2C1c1ccccc1. The van der Waals surface area contributed by atoms with Crippen molar-refractivity contribution in [3.63, 3.8) is 0 Å². The monoisotopic (exact) mass is 241 g/mol. The van der Waals surface area contributed by atoms with Gasteiger partial charge in [0.15, 0.2) is 0 Å². The predicted octanol–water partition coefficient (Wildman–Crippen LogP) is 2.77. The quantitative estimate of drug-likeness (QED) is 0.822. The van der Waals surface area contributed by atoms with E-state index in [4.69, 9.17) is 15.2 Å². The molecule has 2 unspecified atom stereocenters. The minimum absolute atomic E-state index is 0.104. The summed E-state index contributed by atoms with van der Waals surface area (Å²) in [6.45, 7) is 0. The topological polar surface area (TPSA) is 44.5 Å². The highest BCUT2D eigenvalue weighted by Crippen LogP contribution is 2.43. The van der Waals surface area contributed by atoms with Crippen LogP contribution in [0.15, 0.2) is 48.5 Å². The summed E-state index contributed by atoms with van der Waals surface area (Å²) in [6, 6.07) is 16.0. The van der Waals surface area contributed by atoms with Gasteiger partial charge in [0.2, 0.25) is 6.29 Å². The van der Waals surface area contributed by atoms with Crippen LogP contribution in [0, 0.1) is 0 Å². The molecule has 0 radical (unpaired) electrons. The molecule has 0 spiro atoms. The predicted molar refractivity (Wildman–Crippen MR) is 70.6 cm³/mol. The highest BCUT2D eigenvalue weighted by molar-refractivity contribution is 5.54. The highest BCUT2D eigenvalue weighted by atomic mass is 16.7. The Hall–Kier alpha value is -2.00. The molecule has 0 aliphatic carbocycles. The van der Waals surface area contributed by atoms with Crippen LogP contribution >= 0.6 is 0 Å². The number of fused-ring (bicyclic) bond motifs is 1. The second-order valence-corrected chi connectivity index (χ2v) is 4.41. The maximum atomic E-state index is 5.80. The Balaban J connectivity index is 2.08.